The van der Waals surface area contributed by atoms with Crippen molar-refractivity contribution >= 4 is 27.3 Å². The Morgan fingerprint density at radius 1 is 1.19 bits per heavy atom. The Bertz CT molecular complexity index is 1050. The highest BCUT2D eigenvalue weighted by Crippen LogP contribution is 2.39. The van der Waals surface area contributed by atoms with Gasteiger partial charge >= 0.3 is 0 Å². The van der Waals surface area contributed by atoms with Crippen molar-refractivity contribution in [3.8, 4) is 10.4 Å². The van der Waals surface area contributed by atoms with Crippen molar-refractivity contribution in [2.24, 2.45) is 0 Å². The van der Waals surface area contributed by atoms with E-state index in [0.29, 0.717) is 17.0 Å². The van der Waals surface area contributed by atoms with E-state index in [4.69, 9.17) is 0 Å². The van der Waals surface area contributed by atoms with Crippen LogP contribution in [-0.2, 0) is 21.2 Å². The number of amides is 1. The summed E-state index contributed by atoms with van der Waals surface area (Å²) in [6.07, 6.45) is 7.95. The molecule has 32 heavy (non-hydrogen) atoms. The maximum absolute atomic E-state index is 13.3. The Morgan fingerprint density at radius 2 is 1.88 bits per heavy atom. The van der Waals surface area contributed by atoms with E-state index in [0.717, 1.165) is 22.7 Å². The molecule has 1 amide bonds. The molecule has 3 rings (SSSR count). The second kappa shape index (κ2) is 10.0. The van der Waals surface area contributed by atoms with E-state index in [1.807, 2.05) is 46.8 Å². The van der Waals surface area contributed by atoms with Gasteiger partial charge in [-0.3, -0.25) is 4.79 Å². The van der Waals surface area contributed by atoms with Crippen LogP contribution in [0.5, 0.6) is 0 Å². The summed E-state index contributed by atoms with van der Waals surface area (Å²) < 4.78 is 29.4. The largest absolute Gasteiger partial charge is 0.354 e. The van der Waals surface area contributed by atoms with E-state index in [-0.39, 0.29) is 23.3 Å². The summed E-state index contributed by atoms with van der Waals surface area (Å²) in [7, 11) is -3.80. The van der Waals surface area contributed by atoms with Crippen molar-refractivity contribution < 1.29 is 13.2 Å². The first kappa shape index (κ1) is 24.9. The Morgan fingerprint density at radius 3 is 2.50 bits per heavy atom. The molecule has 1 aromatic carbocycles. The zero-order valence-corrected chi connectivity index (χ0v) is 21.3. The number of carbonyl (C=O) groups is 1. The van der Waals surface area contributed by atoms with Crippen LogP contribution in [0, 0.1) is 0 Å². The number of rotatable bonds is 7. The standard InChI is InChI=1S/C24H35N3O3S2/c1-16(2)26-22(28)14-17-11-12-19(21(13-17)32(29,30)27-24(3,4)5)20-15-25-23(31-20)18-9-7-6-8-10-18/h11-13,15-16,18,27H,6-10,14H2,1-5H3,(H,26,28). The lowest BCUT2D eigenvalue weighted by molar-refractivity contribution is -0.120. The van der Waals surface area contributed by atoms with Crippen LogP contribution in [-0.4, -0.2) is 30.9 Å². The van der Waals surface area contributed by atoms with Gasteiger partial charge in [0.25, 0.3) is 0 Å². The van der Waals surface area contributed by atoms with E-state index in [1.165, 1.54) is 19.3 Å². The first-order valence-corrected chi connectivity index (χ1v) is 13.7. The Kier molecular flexibility index (Phi) is 7.78. The van der Waals surface area contributed by atoms with Crippen molar-refractivity contribution in [1.82, 2.24) is 15.0 Å². The van der Waals surface area contributed by atoms with Gasteiger partial charge in [-0.2, -0.15) is 0 Å². The molecule has 0 aliphatic heterocycles. The molecule has 1 aliphatic rings. The molecule has 1 heterocycles. The van der Waals surface area contributed by atoms with Gasteiger partial charge in [0, 0.05) is 29.3 Å². The SMILES string of the molecule is CC(C)NC(=O)Cc1ccc(-c2cnc(C3CCCCC3)s2)c(S(=O)(=O)NC(C)(C)C)c1. The number of benzene rings is 1. The molecule has 1 fully saturated rings. The zero-order chi connectivity index (χ0) is 23.5. The molecule has 176 valence electrons. The van der Waals surface area contributed by atoms with Crippen molar-refractivity contribution in [3.63, 3.8) is 0 Å². The summed E-state index contributed by atoms with van der Waals surface area (Å²) in [5, 5.41) is 3.95. The second-order valence-electron chi connectivity index (χ2n) is 9.98. The zero-order valence-electron chi connectivity index (χ0n) is 19.7. The van der Waals surface area contributed by atoms with Crippen molar-refractivity contribution in [1.29, 1.82) is 0 Å². The molecule has 8 heteroatoms. The Hall–Kier alpha value is -1.77. The predicted octanol–water partition coefficient (Wildman–Crippen LogP) is 5.00. The third-order valence-corrected chi connectivity index (χ3v) is 8.32. The lowest BCUT2D eigenvalue weighted by Crippen LogP contribution is -2.40. The highest BCUT2D eigenvalue weighted by Gasteiger charge is 2.27. The van der Waals surface area contributed by atoms with Crippen LogP contribution >= 0.6 is 11.3 Å². The Balaban J connectivity index is 1.99. The monoisotopic (exact) mass is 477 g/mol. The first-order valence-electron chi connectivity index (χ1n) is 11.4. The van der Waals surface area contributed by atoms with Gasteiger partial charge in [0.1, 0.15) is 0 Å². The average Bonchev–Trinajstić information content (AvgIpc) is 3.16. The Labute approximate surface area is 196 Å². The van der Waals surface area contributed by atoms with E-state index in [1.54, 1.807) is 23.6 Å². The molecule has 1 aliphatic carbocycles. The predicted molar refractivity (Wildman–Crippen MR) is 130 cm³/mol. The van der Waals surface area contributed by atoms with E-state index in [9.17, 15) is 13.2 Å². The highest BCUT2D eigenvalue weighted by atomic mass is 32.2. The number of sulfonamides is 1. The van der Waals surface area contributed by atoms with Gasteiger partial charge in [-0.1, -0.05) is 31.4 Å². The number of nitrogens with zero attached hydrogens (tertiary/aromatic N) is 1. The van der Waals surface area contributed by atoms with Gasteiger partial charge in [0.2, 0.25) is 15.9 Å². The number of hydrogen-bond donors (Lipinski definition) is 2. The highest BCUT2D eigenvalue weighted by molar-refractivity contribution is 7.89. The summed E-state index contributed by atoms with van der Waals surface area (Å²) in [4.78, 5) is 18.0. The van der Waals surface area contributed by atoms with Crippen molar-refractivity contribution in [2.75, 3.05) is 0 Å². The van der Waals surface area contributed by atoms with Gasteiger partial charge in [0.05, 0.1) is 21.2 Å². The lowest BCUT2D eigenvalue weighted by atomic mass is 9.90. The summed E-state index contributed by atoms with van der Waals surface area (Å²) in [6.45, 7) is 9.25. The third-order valence-electron chi connectivity index (χ3n) is 5.33. The minimum absolute atomic E-state index is 0.0305. The quantitative estimate of drug-likeness (QED) is 0.587. The van der Waals surface area contributed by atoms with Crippen molar-refractivity contribution in [3.05, 3.63) is 35.0 Å². The maximum Gasteiger partial charge on any atom is 0.241 e. The van der Waals surface area contributed by atoms with Gasteiger partial charge in [0.15, 0.2) is 0 Å². The van der Waals surface area contributed by atoms with Crippen LogP contribution < -0.4 is 10.0 Å². The lowest BCUT2D eigenvalue weighted by Gasteiger charge is -2.22. The number of hydrogen-bond acceptors (Lipinski definition) is 5. The molecule has 0 atom stereocenters. The van der Waals surface area contributed by atoms with Gasteiger partial charge < -0.3 is 5.32 Å². The fourth-order valence-corrected chi connectivity index (χ4v) is 6.95. The molecule has 2 aromatic rings. The molecule has 1 saturated carbocycles. The summed E-state index contributed by atoms with van der Waals surface area (Å²) in [6, 6.07) is 5.31. The number of carbonyl (C=O) groups excluding carboxylic acids is 1. The molecular weight excluding hydrogens is 442 g/mol. The fourth-order valence-electron chi connectivity index (χ4n) is 4.07. The van der Waals surface area contributed by atoms with Gasteiger partial charge in [-0.15, -0.1) is 11.3 Å². The normalized spacial score (nSPS) is 15.8. The number of aromatic nitrogens is 1. The van der Waals surface area contributed by atoms with E-state index in [2.05, 4.69) is 15.0 Å². The van der Waals surface area contributed by atoms with Crippen LogP contribution in [0.3, 0.4) is 0 Å². The average molecular weight is 478 g/mol. The minimum Gasteiger partial charge on any atom is -0.354 e. The van der Waals surface area contributed by atoms with Crippen molar-refractivity contribution in [2.45, 2.75) is 95.5 Å². The topological polar surface area (TPSA) is 88.2 Å². The summed E-state index contributed by atoms with van der Waals surface area (Å²) in [5.74, 6) is 0.339. The first-order chi connectivity index (χ1) is 14.9. The third kappa shape index (κ3) is 6.62. The van der Waals surface area contributed by atoms with E-state index < -0.39 is 15.6 Å². The number of thiazole rings is 1. The van der Waals surface area contributed by atoms with Crippen LogP contribution in [0.15, 0.2) is 29.3 Å². The number of nitrogens with one attached hydrogen (secondary N) is 2. The molecule has 1 aromatic heterocycles. The smallest absolute Gasteiger partial charge is 0.241 e. The molecule has 0 saturated heterocycles. The molecule has 0 bridgehead atoms. The summed E-state index contributed by atoms with van der Waals surface area (Å²) in [5.41, 5.74) is 0.676. The fraction of sp³-hybridized carbons (Fsp3) is 0.583. The van der Waals surface area contributed by atoms with Gasteiger partial charge in [-0.05, 0) is 59.1 Å². The molecular formula is C24H35N3O3S2. The van der Waals surface area contributed by atoms with E-state index >= 15 is 0 Å². The molecule has 0 unspecified atom stereocenters. The van der Waals surface area contributed by atoms with Crippen LogP contribution in [0.25, 0.3) is 10.4 Å². The molecule has 2 N–H and O–H groups in total. The van der Waals surface area contributed by atoms with Gasteiger partial charge in [-0.25, -0.2) is 18.1 Å². The molecule has 0 spiro atoms. The maximum atomic E-state index is 13.3. The minimum atomic E-state index is -3.80. The van der Waals surface area contributed by atoms with Crippen LogP contribution in [0.1, 0.15) is 83.2 Å². The summed E-state index contributed by atoms with van der Waals surface area (Å²) >= 11 is 1.59. The van der Waals surface area contributed by atoms with Crippen LogP contribution in [0.2, 0.25) is 0 Å². The second-order valence-corrected chi connectivity index (χ2v) is 12.7. The molecule has 0 radical (unpaired) electrons. The van der Waals surface area contributed by atoms with Crippen LogP contribution in [0.4, 0.5) is 0 Å². The molecule has 6 nitrogen and oxygen atoms in total.